The van der Waals surface area contributed by atoms with Crippen LogP contribution in [-0.4, -0.2) is 13.1 Å². The van der Waals surface area contributed by atoms with E-state index >= 15 is 0 Å². The normalized spacial score (nSPS) is 29.4. The summed E-state index contributed by atoms with van der Waals surface area (Å²) in [6.07, 6.45) is 2.34. The van der Waals surface area contributed by atoms with Gasteiger partial charge < -0.3 is 10.1 Å². The predicted octanol–water partition coefficient (Wildman–Crippen LogP) is 2.56. The molecule has 0 radical (unpaired) electrons. The summed E-state index contributed by atoms with van der Waals surface area (Å²) in [6, 6.07) is 6.48. The van der Waals surface area contributed by atoms with Crippen LogP contribution in [0.3, 0.4) is 0 Å². The maximum absolute atomic E-state index is 6.02. The molecular formula is C12H14BrNO. The third kappa shape index (κ3) is 1.53. The maximum atomic E-state index is 6.02. The summed E-state index contributed by atoms with van der Waals surface area (Å²) in [5.74, 6) is 0. The van der Waals surface area contributed by atoms with E-state index in [-0.39, 0.29) is 5.60 Å². The lowest BCUT2D eigenvalue weighted by Gasteiger charge is -2.34. The lowest BCUT2D eigenvalue weighted by Crippen LogP contribution is -2.43. The molecule has 2 aliphatic rings. The van der Waals surface area contributed by atoms with Gasteiger partial charge in [-0.25, -0.2) is 0 Å². The average molecular weight is 268 g/mol. The van der Waals surface area contributed by atoms with Crippen molar-refractivity contribution in [1.29, 1.82) is 0 Å². The molecule has 0 bridgehead atoms. The Morgan fingerprint density at radius 3 is 3.13 bits per heavy atom. The Morgan fingerprint density at radius 2 is 2.33 bits per heavy atom. The summed E-state index contributed by atoms with van der Waals surface area (Å²) < 4.78 is 7.17. The summed E-state index contributed by atoms with van der Waals surface area (Å²) in [5, 5.41) is 3.44. The van der Waals surface area contributed by atoms with Crippen molar-refractivity contribution in [2.75, 3.05) is 13.1 Å². The highest BCUT2D eigenvalue weighted by atomic mass is 79.9. The van der Waals surface area contributed by atoms with E-state index in [0.717, 1.165) is 30.6 Å². The van der Waals surface area contributed by atoms with Gasteiger partial charge in [0.15, 0.2) is 0 Å². The molecule has 3 rings (SSSR count). The molecule has 0 amide bonds. The smallest absolute Gasteiger partial charge is 0.106 e. The second-order valence-corrected chi connectivity index (χ2v) is 5.28. The Labute approximate surface area is 98.1 Å². The van der Waals surface area contributed by atoms with Crippen LogP contribution < -0.4 is 5.32 Å². The van der Waals surface area contributed by atoms with Crippen LogP contribution in [0.4, 0.5) is 0 Å². The van der Waals surface area contributed by atoms with Crippen molar-refractivity contribution in [3.8, 4) is 0 Å². The molecule has 2 heterocycles. The van der Waals surface area contributed by atoms with E-state index in [2.05, 4.69) is 39.4 Å². The van der Waals surface area contributed by atoms with E-state index in [1.807, 2.05) is 0 Å². The quantitative estimate of drug-likeness (QED) is 0.780. The Morgan fingerprint density at radius 1 is 1.40 bits per heavy atom. The van der Waals surface area contributed by atoms with Crippen LogP contribution in [0, 0.1) is 0 Å². The van der Waals surface area contributed by atoms with Gasteiger partial charge in [-0.1, -0.05) is 22.0 Å². The fourth-order valence-corrected chi connectivity index (χ4v) is 2.98. The van der Waals surface area contributed by atoms with Crippen LogP contribution in [0.25, 0.3) is 0 Å². The van der Waals surface area contributed by atoms with E-state index in [1.165, 1.54) is 17.5 Å². The fourth-order valence-electron chi connectivity index (χ4n) is 2.62. The van der Waals surface area contributed by atoms with Crippen molar-refractivity contribution in [2.24, 2.45) is 0 Å². The highest BCUT2D eigenvalue weighted by molar-refractivity contribution is 9.10. The zero-order valence-corrected chi connectivity index (χ0v) is 10.1. The van der Waals surface area contributed by atoms with Crippen LogP contribution in [0.2, 0.25) is 0 Å². The van der Waals surface area contributed by atoms with Crippen LogP contribution >= 0.6 is 15.9 Å². The Hall–Kier alpha value is -0.380. The zero-order valence-electron chi connectivity index (χ0n) is 8.55. The maximum Gasteiger partial charge on any atom is 0.106 e. The lowest BCUT2D eigenvalue weighted by atomic mass is 9.86. The summed E-state index contributed by atoms with van der Waals surface area (Å²) in [6.45, 7) is 2.84. The van der Waals surface area contributed by atoms with Gasteiger partial charge in [0.2, 0.25) is 0 Å². The Kier molecular flexibility index (Phi) is 2.34. The average Bonchev–Trinajstić information content (AvgIpc) is 2.59. The summed E-state index contributed by atoms with van der Waals surface area (Å²) in [5.41, 5.74) is 2.68. The summed E-state index contributed by atoms with van der Waals surface area (Å²) in [4.78, 5) is 0. The number of nitrogens with one attached hydrogen (secondary N) is 1. The number of halogens is 1. The Bertz CT molecular complexity index is 380. The molecule has 15 heavy (non-hydrogen) atoms. The van der Waals surface area contributed by atoms with Crippen molar-refractivity contribution in [1.82, 2.24) is 5.32 Å². The molecule has 1 saturated heterocycles. The number of benzene rings is 1. The minimum atomic E-state index is -0.0443. The lowest BCUT2D eigenvalue weighted by molar-refractivity contribution is -0.0536. The van der Waals surface area contributed by atoms with Gasteiger partial charge in [-0.3, -0.25) is 0 Å². The standard InChI is InChI=1S/C12H14BrNO/c13-10-3-2-9-7-15-12(11(9)6-10)4-1-5-14-8-12/h2-3,6,14H,1,4-5,7-8H2. The van der Waals surface area contributed by atoms with Crippen LogP contribution in [0.1, 0.15) is 24.0 Å². The van der Waals surface area contributed by atoms with E-state index in [0.29, 0.717) is 0 Å². The molecule has 3 heteroatoms. The molecule has 1 spiro atoms. The second kappa shape index (κ2) is 3.58. The molecule has 2 aliphatic heterocycles. The molecule has 1 N–H and O–H groups in total. The Balaban J connectivity index is 2.05. The zero-order chi connectivity index (χ0) is 10.3. The molecule has 1 fully saturated rings. The van der Waals surface area contributed by atoms with E-state index < -0.39 is 0 Å². The number of ether oxygens (including phenoxy) is 1. The SMILES string of the molecule is Brc1ccc2c(c1)C1(CCCNC1)OC2. The number of hydrogen-bond donors (Lipinski definition) is 1. The van der Waals surface area contributed by atoms with Gasteiger partial charge in [-0.2, -0.15) is 0 Å². The van der Waals surface area contributed by atoms with E-state index in [1.54, 1.807) is 0 Å². The van der Waals surface area contributed by atoms with Crippen LogP contribution in [0.15, 0.2) is 22.7 Å². The van der Waals surface area contributed by atoms with Crippen molar-refractivity contribution in [3.05, 3.63) is 33.8 Å². The van der Waals surface area contributed by atoms with Gasteiger partial charge in [-0.05, 0) is 42.6 Å². The molecule has 0 aromatic heterocycles. The highest BCUT2D eigenvalue weighted by Crippen LogP contribution is 2.41. The van der Waals surface area contributed by atoms with Gasteiger partial charge in [0.1, 0.15) is 5.60 Å². The summed E-state index contributed by atoms with van der Waals surface area (Å²) >= 11 is 3.54. The van der Waals surface area contributed by atoms with E-state index in [4.69, 9.17) is 4.74 Å². The van der Waals surface area contributed by atoms with Gasteiger partial charge in [0.25, 0.3) is 0 Å². The van der Waals surface area contributed by atoms with Crippen LogP contribution in [0.5, 0.6) is 0 Å². The molecule has 1 atom stereocenters. The largest absolute Gasteiger partial charge is 0.364 e. The van der Waals surface area contributed by atoms with E-state index in [9.17, 15) is 0 Å². The first-order valence-electron chi connectivity index (χ1n) is 5.44. The fraction of sp³-hybridized carbons (Fsp3) is 0.500. The van der Waals surface area contributed by atoms with Crippen LogP contribution in [-0.2, 0) is 16.9 Å². The third-order valence-electron chi connectivity index (χ3n) is 3.41. The molecule has 1 aromatic rings. The molecule has 80 valence electrons. The first-order valence-corrected chi connectivity index (χ1v) is 6.23. The van der Waals surface area contributed by atoms with Gasteiger partial charge in [0.05, 0.1) is 6.61 Å². The number of fused-ring (bicyclic) bond motifs is 2. The molecule has 0 saturated carbocycles. The topological polar surface area (TPSA) is 21.3 Å². The molecule has 0 aliphatic carbocycles. The van der Waals surface area contributed by atoms with Gasteiger partial charge in [-0.15, -0.1) is 0 Å². The van der Waals surface area contributed by atoms with Crippen molar-refractivity contribution in [2.45, 2.75) is 25.0 Å². The van der Waals surface area contributed by atoms with Crippen molar-refractivity contribution >= 4 is 15.9 Å². The summed E-state index contributed by atoms with van der Waals surface area (Å²) in [7, 11) is 0. The number of hydrogen-bond acceptors (Lipinski definition) is 2. The number of rotatable bonds is 0. The minimum Gasteiger partial charge on any atom is -0.364 e. The van der Waals surface area contributed by atoms with Gasteiger partial charge >= 0.3 is 0 Å². The first-order chi connectivity index (χ1) is 7.30. The van der Waals surface area contributed by atoms with Crippen molar-refractivity contribution in [3.63, 3.8) is 0 Å². The van der Waals surface area contributed by atoms with Crippen molar-refractivity contribution < 1.29 is 4.74 Å². The first kappa shape index (κ1) is 9.82. The van der Waals surface area contributed by atoms with Gasteiger partial charge in [0, 0.05) is 11.0 Å². The second-order valence-electron chi connectivity index (χ2n) is 4.36. The third-order valence-corrected chi connectivity index (χ3v) is 3.90. The predicted molar refractivity (Wildman–Crippen MR) is 62.7 cm³/mol. The molecule has 1 unspecified atom stereocenters. The number of piperidine rings is 1. The monoisotopic (exact) mass is 267 g/mol. The molecule has 1 aromatic carbocycles. The highest BCUT2D eigenvalue weighted by Gasteiger charge is 2.40. The molecule has 2 nitrogen and oxygen atoms in total. The molecular weight excluding hydrogens is 254 g/mol. The minimum absolute atomic E-state index is 0.0443.